The van der Waals surface area contributed by atoms with E-state index in [0.717, 1.165) is 0 Å². The first-order valence-corrected chi connectivity index (χ1v) is 7.90. The molecular weight excluding hydrogens is 472 g/mol. The summed E-state index contributed by atoms with van der Waals surface area (Å²) in [6.45, 7) is 0. The topological polar surface area (TPSA) is 79.3 Å². The Balaban J connectivity index is 2.39. The van der Waals surface area contributed by atoms with Crippen LogP contribution in [-0.4, -0.2) is 22.0 Å². The van der Waals surface area contributed by atoms with Gasteiger partial charge in [-0.15, -0.1) is 0 Å². The Hall–Kier alpha value is -1.25. The van der Waals surface area contributed by atoms with Crippen LogP contribution in [-0.2, 0) is 0 Å². The molecule has 0 aliphatic rings. The number of amides is 1. The number of carboxylic acid groups (broad SMARTS) is 1. The number of anilines is 1. The molecule has 0 bridgehead atoms. The Morgan fingerprint density at radius 1 is 1.05 bits per heavy atom. The summed E-state index contributed by atoms with van der Waals surface area (Å²) in [5, 5.41) is 11.8. The van der Waals surface area contributed by atoms with Gasteiger partial charge in [-0.05, 0) is 50.1 Å². The molecule has 1 amide bonds. The fourth-order valence-electron chi connectivity index (χ4n) is 1.59. The first-order chi connectivity index (χ1) is 9.88. The van der Waals surface area contributed by atoms with Crippen molar-refractivity contribution in [3.05, 3.63) is 55.1 Å². The first-order valence-electron chi connectivity index (χ1n) is 5.52. The van der Waals surface area contributed by atoms with Crippen LogP contribution in [0.3, 0.4) is 0 Å². The van der Waals surface area contributed by atoms with E-state index in [1.54, 1.807) is 18.3 Å². The second kappa shape index (κ2) is 6.67. The molecule has 8 heteroatoms. The Morgan fingerprint density at radius 3 is 2.38 bits per heavy atom. The first kappa shape index (κ1) is 16.1. The van der Waals surface area contributed by atoms with Gasteiger partial charge >= 0.3 is 5.97 Å². The number of nitrogens with one attached hydrogen (secondary N) is 1. The van der Waals surface area contributed by atoms with Crippen molar-refractivity contribution >= 4 is 65.4 Å². The largest absolute Gasteiger partial charge is 0.478 e. The molecule has 108 valence electrons. The number of hydrogen-bond donors (Lipinski definition) is 2. The van der Waals surface area contributed by atoms with Gasteiger partial charge in [0, 0.05) is 25.8 Å². The predicted octanol–water partition coefficient (Wildman–Crippen LogP) is 4.32. The SMILES string of the molecule is O=C(Nc1c(Br)cc(Br)cc1C(=O)O)c1cncc(Br)c1. The number of rotatable bonds is 3. The summed E-state index contributed by atoms with van der Waals surface area (Å²) in [6, 6.07) is 4.67. The standard InChI is InChI=1S/C13H7Br3N2O3/c14-7-2-9(13(20)21)11(10(16)3-7)18-12(19)6-1-8(15)5-17-4-6/h1-5H,(H,18,19)(H,20,21). The predicted molar refractivity (Wildman–Crippen MR) is 88.7 cm³/mol. The second-order valence-electron chi connectivity index (χ2n) is 3.96. The number of carbonyl (C=O) groups is 2. The summed E-state index contributed by atoms with van der Waals surface area (Å²) in [7, 11) is 0. The number of hydrogen-bond acceptors (Lipinski definition) is 3. The minimum absolute atomic E-state index is 0.0208. The highest BCUT2D eigenvalue weighted by atomic mass is 79.9. The van der Waals surface area contributed by atoms with E-state index in [0.29, 0.717) is 19.0 Å². The normalized spacial score (nSPS) is 10.2. The molecule has 0 saturated heterocycles. The van der Waals surface area contributed by atoms with E-state index in [1.807, 2.05) is 0 Å². The molecule has 2 N–H and O–H groups in total. The van der Waals surface area contributed by atoms with Gasteiger partial charge in [0.1, 0.15) is 0 Å². The van der Waals surface area contributed by atoms with Gasteiger partial charge in [0.15, 0.2) is 0 Å². The lowest BCUT2D eigenvalue weighted by Crippen LogP contribution is -2.15. The van der Waals surface area contributed by atoms with Crippen LogP contribution in [0.4, 0.5) is 5.69 Å². The molecule has 1 aromatic heterocycles. The van der Waals surface area contributed by atoms with Crippen molar-refractivity contribution in [2.24, 2.45) is 0 Å². The number of carbonyl (C=O) groups excluding carboxylic acids is 1. The molecule has 0 aliphatic carbocycles. The van der Waals surface area contributed by atoms with Crippen LogP contribution in [0.15, 0.2) is 44.0 Å². The fraction of sp³-hybridized carbons (Fsp3) is 0. The average Bonchev–Trinajstić information content (AvgIpc) is 2.41. The lowest BCUT2D eigenvalue weighted by atomic mass is 10.1. The van der Waals surface area contributed by atoms with Gasteiger partial charge in [0.2, 0.25) is 0 Å². The molecule has 0 atom stereocenters. The van der Waals surface area contributed by atoms with Crippen molar-refractivity contribution in [3.63, 3.8) is 0 Å². The maximum Gasteiger partial charge on any atom is 0.337 e. The summed E-state index contributed by atoms with van der Waals surface area (Å²) in [6.07, 6.45) is 2.95. The Bertz CT molecular complexity index is 735. The highest BCUT2D eigenvalue weighted by molar-refractivity contribution is 9.11. The number of aromatic carboxylic acids is 1. The lowest BCUT2D eigenvalue weighted by molar-refractivity contribution is 0.0698. The van der Waals surface area contributed by atoms with E-state index in [2.05, 4.69) is 58.1 Å². The molecule has 0 fully saturated rings. The molecule has 5 nitrogen and oxygen atoms in total. The third-order valence-corrected chi connectivity index (χ3v) is 4.01. The molecule has 0 aliphatic heterocycles. The zero-order valence-electron chi connectivity index (χ0n) is 10.2. The number of carboxylic acids is 1. The summed E-state index contributed by atoms with van der Waals surface area (Å²) in [5.41, 5.74) is 0.485. The zero-order valence-corrected chi connectivity index (χ0v) is 15.0. The van der Waals surface area contributed by atoms with Crippen molar-refractivity contribution in [3.8, 4) is 0 Å². The zero-order chi connectivity index (χ0) is 15.6. The van der Waals surface area contributed by atoms with Crippen LogP contribution in [0.25, 0.3) is 0 Å². The number of pyridine rings is 1. The van der Waals surface area contributed by atoms with Crippen LogP contribution in [0.1, 0.15) is 20.7 Å². The smallest absolute Gasteiger partial charge is 0.337 e. The van der Waals surface area contributed by atoms with E-state index >= 15 is 0 Å². The van der Waals surface area contributed by atoms with E-state index in [1.165, 1.54) is 12.3 Å². The van der Waals surface area contributed by atoms with Crippen molar-refractivity contribution in [2.45, 2.75) is 0 Å². The van der Waals surface area contributed by atoms with Crippen molar-refractivity contribution < 1.29 is 14.7 Å². The van der Waals surface area contributed by atoms with Gasteiger partial charge < -0.3 is 10.4 Å². The maximum absolute atomic E-state index is 12.2. The maximum atomic E-state index is 12.2. The minimum Gasteiger partial charge on any atom is -0.478 e. The van der Waals surface area contributed by atoms with Crippen molar-refractivity contribution in [2.75, 3.05) is 5.32 Å². The van der Waals surface area contributed by atoms with Crippen LogP contribution >= 0.6 is 47.8 Å². The Labute approximate surface area is 145 Å². The van der Waals surface area contributed by atoms with Crippen molar-refractivity contribution in [1.29, 1.82) is 0 Å². The van der Waals surface area contributed by atoms with E-state index in [4.69, 9.17) is 0 Å². The van der Waals surface area contributed by atoms with E-state index in [9.17, 15) is 14.7 Å². The van der Waals surface area contributed by atoms with Crippen LogP contribution < -0.4 is 5.32 Å². The Kier molecular flexibility index (Phi) is 5.13. The molecule has 0 spiro atoms. The minimum atomic E-state index is -1.14. The lowest BCUT2D eigenvalue weighted by Gasteiger charge is -2.11. The molecule has 2 rings (SSSR count). The fourth-order valence-corrected chi connectivity index (χ4v) is 3.28. The van der Waals surface area contributed by atoms with Gasteiger partial charge in [0.25, 0.3) is 5.91 Å². The number of nitrogens with zero attached hydrogens (tertiary/aromatic N) is 1. The number of halogens is 3. The molecule has 21 heavy (non-hydrogen) atoms. The van der Waals surface area contributed by atoms with E-state index < -0.39 is 11.9 Å². The van der Waals surface area contributed by atoms with Crippen LogP contribution in [0.5, 0.6) is 0 Å². The van der Waals surface area contributed by atoms with Gasteiger partial charge in [-0.25, -0.2) is 4.79 Å². The third kappa shape index (κ3) is 3.90. The third-order valence-electron chi connectivity index (χ3n) is 2.49. The summed E-state index contributed by atoms with van der Waals surface area (Å²) in [4.78, 5) is 27.4. The molecule has 2 aromatic rings. The summed E-state index contributed by atoms with van der Waals surface area (Å²) in [5.74, 6) is -1.59. The van der Waals surface area contributed by atoms with E-state index in [-0.39, 0.29) is 11.3 Å². The van der Waals surface area contributed by atoms with Crippen molar-refractivity contribution in [1.82, 2.24) is 4.98 Å². The molecule has 0 saturated carbocycles. The van der Waals surface area contributed by atoms with Gasteiger partial charge in [-0.1, -0.05) is 15.9 Å². The molecule has 1 heterocycles. The number of benzene rings is 1. The van der Waals surface area contributed by atoms with Gasteiger partial charge in [0.05, 0.1) is 16.8 Å². The van der Waals surface area contributed by atoms with Crippen LogP contribution in [0, 0.1) is 0 Å². The van der Waals surface area contributed by atoms with Crippen LogP contribution in [0.2, 0.25) is 0 Å². The highest BCUT2D eigenvalue weighted by Gasteiger charge is 2.18. The Morgan fingerprint density at radius 2 is 1.76 bits per heavy atom. The summed E-state index contributed by atoms with van der Waals surface area (Å²) < 4.78 is 1.71. The summed E-state index contributed by atoms with van der Waals surface area (Å²) >= 11 is 9.69. The molecular formula is C13H7Br3N2O3. The average molecular weight is 479 g/mol. The quantitative estimate of drug-likeness (QED) is 0.688. The highest BCUT2D eigenvalue weighted by Crippen LogP contribution is 2.31. The molecule has 1 aromatic carbocycles. The van der Waals surface area contributed by atoms with Gasteiger partial charge in [-0.2, -0.15) is 0 Å². The monoisotopic (exact) mass is 476 g/mol. The van der Waals surface area contributed by atoms with Gasteiger partial charge in [-0.3, -0.25) is 9.78 Å². The second-order valence-corrected chi connectivity index (χ2v) is 6.65. The molecule has 0 unspecified atom stereocenters. The molecule has 0 radical (unpaired) electrons. The number of aromatic nitrogens is 1.